The highest BCUT2D eigenvalue weighted by Crippen LogP contribution is 2.18. The maximum Gasteiger partial charge on any atom is 0.278 e. The number of hydrogen-bond donors (Lipinski definition) is 2. The zero-order valence-electron chi connectivity index (χ0n) is 17.5. The van der Waals surface area contributed by atoms with E-state index in [0.29, 0.717) is 23.2 Å². The van der Waals surface area contributed by atoms with Crippen molar-refractivity contribution in [1.82, 2.24) is 14.7 Å². The molecule has 31 heavy (non-hydrogen) atoms. The second kappa shape index (κ2) is 8.02. The molecule has 0 unspecified atom stereocenters. The van der Waals surface area contributed by atoms with Gasteiger partial charge in [0.15, 0.2) is 0 Å². The molecule has 3 aromatic heterocycles. The number of fused-ring (bicyclic) bond motifs is 2. The molecule has 1 aromatic carbocycles. The maximum absolute atomic E-state index is 13.2. The number of carbonyl (C=O) groups excluding carboxylic acids is 1. The monoisotopic (exact) mass is 414 g/mol. The number of nitrogen functional groups attached to an aromatic ring is 1. The fraction of sp³-hybridized carbons (Fsp3) is 0.167. The Labute approximate surface area is 179 Å². The SMILES string of the molecule is C=CC[n+]1c(N)c(C(=O)N[C@H](C)c2ccccc2)cc2c(=O)n3cccc(C)c3nc21. The Morgan fingerprint density at radius 2 is 2.03 bits per heavy atom. The molecule has 0 spiro atoms. The molecule has 156 valence electrons. The van der Waals surface area contributed by atoms with Gasteiger partial charge in [0, 0.05) is 11.8 Å². The fourth-order valence-corrected chi connectivity index (χ4v) is 3.71. The van der Waals surface area contributed by atoms with Gasteiger partial charge >= 0.3 is 0 Å². The van der Waals surface area contributed by atoms with Crippen molar-refractivity contribution in [2.24, 2.45) is 0 Å². The Morgan fingerprint density at radius 1 is 1.29 bits per heavy atom. The number of pyridine rings is 2. The van der Waals surface area contributed by atoms with Crippen molar-refractivity contribution >= 4 is 28.4 Å². The van der Waals surface area contributed by atoms with Crippen LogP contribution in [0.25, 0.3) is 16.7 Å². The van der Waals surface area contributed by atoms with Gasteiger partial charge in [0.25, 0.3) is 17.1 Å². The Kier molecular flexibility index (Phi) is 5.25. The molecule has 0 radical (unpaired) electrons. The van der Waals surface area contributed by atoms with Gasteiger partial charge in [-0.05, 0) is 31.5 Å². The lowest BCUT2D eigenvalue weighted by Gasteiger charge is -2.16. The first kappa shape index (κ1) is 20.3. The van der Waals surface area contributed by atoms with Crippen LogP contribution in [0.1, 0.15) is 34.5 Å². The average Bonchev–Trinajstić information content (AvgIpc) is 2.77. The summed E-state index contributed by atoms with van der Waals surface area (Å²) >= 11 is 0. The van der Waals surface area contributed by atoms with E-state index in [4.69, 9.17) is 10.7 Å². The number of carbonyl (C=O) groups is 1. The normalized spacial score (nSPS) is 12.1. The van der Waals surface area contributed by atoms with Gasteiger partial charge < -0.3 is 11.1 Å². The van der Waals surface area contributed by atoms with Crippen molar-refractivity contribution < 1.29 is 9.36 Å². The topological polar surface area (TPSA) is 93.4 Å². The number of allylic oxidation sites excluding steroid dienone is 1. The highest BCUT2D eigenvalue weighted by Gasteiger charge is 2.25. The molecule has 0 saturated heterocycles. The summed E-state index contributed by atoms with van der Waals surface area (Å²) in [5, 5.41) is 3.28. The molecule has 0 aliphatic heterocycles. The van der Waals surface area contributed by atoms with Gasteiger partial charge in [-0.15, -0.1) is 0 Å². The lowest BCUT2D eigenvalue weighted by atomic mass is 10.1. The van der Waals surface area contributed by atoms with Crippen molar-refractivity contribution in [1.29, 1.82) is 0 Å². The predicted molar refractivity (Wildman–Crippen MR) is 121 cm³/mol. The van der Waals surface area contributed by atoms with E-state index in [1.54, 1.807) is 22.9 Å². The molecular formula is C24H24N5O2+. The summed E-state index contributed by atoms with van der Waals surface area (Å²) in [6.07, 6.45) is 3.33. The quantitative estimate of drug-likeness (QED) is 0.298. The van der Waals surface area contributed by atoms with E-state index < -0.39 is 0 Å². The molecule has 4 aromatic rings. The van der Waals surface area contributed by atoms with Crippen LogP contribution in [0.3, 0.4) is 0 Å². The van der Waals surface area contributed by atoms with Gasteiger partial charge in [-0.25, -0.2) is 4.57 Å². The van der Waals surface area contributed by atoms with Gasteiger partial charge in [0.05, 0.1) is 12.6 Å². The molecule has 0 bridgehead atoms. The lowest BCUT2D eigenvalue weighted by molar-refractivity contribution is -0.648. The van der Waals surface area contributed by atoms with E-state index in [-0.39, 0.29) is 28.9 Å². The van der Waals surface area contributed by atoms with Crippen LogP contribution < -0.4 is 21.2 Å². The third-order valence-electron chi connectivity index (χ3n) is 5.38. The minimum absolute atomic E-state index is 0.226. The van der Waals surface area contributed by atoms with Gasteiger partial charge in [-0.3, -0.25) is 14.0 Å². The number of benzene rings is 1. The summed E-state index contributed by atoms with van der Waals surface area (Å²) in [7, 11) is 0. The number of aromatic nitrogens is 3. The first-order valence-corrected chi connectivity index (χ1v) is 10.0. The standard InChI is InChI=1S/C24H23N5O2/c1-4-12-28-20(25)18(23(30)26-16(3)17-10-6-5-7-11-17)14-19-22(28)27-21-15(2)9-8-13-29(21)24(19)31/h4-11,13-14,16,25H,1,12H2,2-3H3,(H,26,30)/p+1/t16-/m1/s1. The van der Waals surface area contributed by atoms with E-state index >= 15 is 0 Å². The zero-order valence-corrected chi connectivity index (χ0v) is 17.5. The molecule has 4 rings (SSSR count). The summed E-state index contributed by atoms with van der Waals surface area (Å²) in [4.78, 5) is 31.0. The molecule has 3 N–H and O–H groups in total. The Bertz CT molecular complexity index is 1380. The molecule has 3 heterocycles. The number of nitrogens with two attached hydrogens (primary N) is 1. The molecule has 0 aliphatic rings. The third kappa shape index (κ3) is 3.54. The first-order chi connectivity index (χ1) is 14.9. The van der Waals surface area contributed by atoms with Crippen molar-refractivity contribution in [3.05, 3.63) is 94.4 Å². The summed E-state index contributed by atoms with van der Waals surface area (Å²) in [5.74, 6) is -0.127. The number of aryl methyl sites for hydroxylation is 1. The van der Waals surface area contributed by atoms with E-state index in [9.17, 15) is 9.59 Å². The lowest BCUT2D eigenvalue weighted by Crippen LogP contribution is -2.42. The molecule has 1 amide bonds. The highest BCUT2D eigenvalue weighted by atomic mass is 16.2. The summed E-state index contributed by atoms with van der Waals surface area (Å²) in [6.45, 7) is 7.88. The van der Waals surface area contributed by atoms with Crippen LogP contribution in [0.4, 0.5) is 5.82 Å². The number of anilines is 1. The number of nitrogens with one attached hydrogen (secondary N) is 1. The van der Waals surface area contributed by atoms with Crippen LogP contribution in [0, 0.1) is 6.92 Å². The van der Waals surface area contributed by atoms with Crippen molar-refractivity contribution in [3.8, 4) is 0 Å². The van der Waals surface area contributed by atoms with Crippen molar-refractivity contribution in [2.45, 2.75) is 26.4 Å². The van der Waals surface area contributed by atoms with Crippen LogP contribution in [0.15, 0.2) is 72.2 Å². The van der Waals surface area contributed by atoms with E-state index in [0.717, 1.165) is 11.1 Å². The second-order valence-electron chi connectivity index (χ2n) is 7.49. The van der Waals surface area contributed by atoms with Crippen molar-refractivity contribution in [2.75, 3.05) is 5.73 Å². The molecule has 0 saturated carbocycles. The van der Waals surface area contributed by atoms with Gasteiger partial charge in [-0.1, -0.05) is 54.0 Å². The Morgan fingerprint density at radius 3 is 2.74 bits per heavy atom. The largest absolute Gasteiger partial charge is 0.345 e. The Balaban J connectivity index is 1.90. The van der Waals surface area contributed by atoms with Crippen LogP contribution in [0.2, 0.25) is 0 Å². The molecule has 0 fully saturated rings. The second-order valence-corrected chi connectivity index (χ2v) is 7.49. The number of rotatable bonds is 5. The molecule has 7 nitrogen and oxygen atoms in total. The fourth-order valence-electron chi connectivity index (χ4n) is 3.71. The molecule has 1 atom stereocenters. The van der Waals surface area contributed by atoms with Gasteiger partial charge in [0.1, 0.15) is 10.9 Å². The summed E-state index contributed by atoms with van der Waals surface area (Å²) < 4.78 is 3.14. The summed E-state index contributed by atoms with van der Waals surface area (Å²) in [5.41, 5.74) is 9.16. The minimum Gasteiger partial charge on any atom is -0.345 e. The predicted octanol–water partition coefficient (Wildman–Crippen LogP) is 2.70. The smallest absolute Gasteiger partial charge is 0.278 e. The van der Waals surface area contributed by atoms with Crippen LogP contribution in [-0.4, -0.2) is 15.3 Å². The van der Waals surface area contributed by atoms with Crippen LogP contribution in [-0.2, 0) is 6.54 Å². The van der Waals surface area contributed by atoms with Crippen molar-refractivity contribution in [3.63, 3.8) is 0 Å². The first-order valence-electron chi connectivity index (χ1n) is 10.0. The number of nitrogens with zero attached hydrogens (tertiary/aromatic N) is 3. The number of amides is 1. The van der Waals surface area contributed by atoms with Gasteiger partial charge in [0.2, 0.25) is 11.5 Å². The highest BCUT2D eigenvalue weighted by molar-refractivity contribution is 6.00. The zero-order chi connectivity index (χ0) is 22.1. The van der Waals surface area contributed by atoms with E-state index in [1.807, 2.05) is 50.2 Å². The van der Waals surface area contributed by atoms with E-state index in [2.05, 4.69) is 11.9 Å². The minimum atomic E-state index is -0.359. The summed E-state index contributed by atoms with van der Waals surface area (Å²) in [6, 6.07) is 14.6. The van der Waals surface area contributed by atoms with Crippen LogP contribution >= 0.6 is 0 Å². The molecule has 0 aliphatic carbocycles. The Hall–Kier alpha value is -4.00. The maximum atomic E-state index is 13.2. The average molecular weight is 414 g/mol. The van der Waals surface area contributed by atoms with E-state index in [1.165, 1.54) is 10.5 Å². The third-order valence-corrected chi connectivity index (χ3v) is 5.38. The van der Waals surface area contributed by atoms with Gasteiger partial charge in [-0.2, -0.15) is 0 Å². The number of hydrogen-bond acceptors (Lipinski definition) is 4. The molecule has 7 heteroatoms. The molecular weight excluding hydrogens is 390 g/mol. The van der Waals surface area contributed by atoms with Crippen LogP contribution in [0.5, 0.6) is 0 Å².